The maximum Gasteiger partial charge on any atom is 0.257 e. The summed E-state index contributed by atoms with van der Waals surface area (Å²) in [5.74, 6) is -0.997. The molecule has 2 aromatic carbocycles. The van der Waals surface area contributed by atoms with Crippen molar-refractivity contribution in [2.24, 2.45) is 16.7 Å². The Morgan fingerprint density at radius 3 is 2.22 bits per heavy atom. The molecule has 0 spiro atoms. The SMILES string of the molecule is CC1(C)C(C(=O)N(Cc2ccccc2Cl)C2CC(=O)N(c3ccc(I)cc3)C2=O)C1(C)C. The van der Waals surface area contributed by atoms with Crippen molar-refractivity contribution in [3.05, 3.63) is 62.7 Å². The number of benzene rings is 2. The Bertz CT molecular complexity index is 1080. The molecule has 1 saturated heterocycles. The second kappa shape index (κ2) is 8.13. The van der Waals surface area contributed by atoms with Crippen LogP contribution in [0.15, 0.2) is 48.5 Å². The quantitative estimate of drug-likeness (QED) is 0.366. The van der Waals surface area contributed by atoms with E-state index in [0.29, 0.717) is 10.7 Å². The highest BCUT2D eigenvalue weighted by molar-refractivity contribution is 14.1. The van der Waals surface area contributed by atoms with E-state index in [9.17, 15) is 14.4 Å². The van der Waals surface area contributed by atoms with Crippen LogP contribution in [-0.4, -0.2) is 28.7 Å². The Kier molecular flexibility index (Phi) is 5.91. The molecule has 1 saturated carbocycles. The van der Waals surface area contributed by atoms with Gasteiger partial charge in [-0.1, -0.05) is 57.5 Å². The van der Waals surface area contributed by atoms with Crippen molar-refractivity contribution in [1.29, 1.82) is 0 Å². The van der Waals surface area contributed by atoms with Gasteiger partial charge in [0.1, 0.15) is 6.04 Å². The molecule has 0 radical (unpaired) electrons. The fraction of sp³-hybridized carbons (Fsp3) is 0.400. The fourth-order valence-electron chi connectivity index (χ4n) is 4.85. The van der Waals surface area contributed by atoms with Gasteiger partial charge in [-0.25, -0.2) is 4.90 Å². The Hall–Kier alpha value is -1.93. The van der Waals surface area contributed by atoms with Crippen LogP contribution in [0.1, 0.15) is 39.7 Å². The molecule has 0 bridgehead atoms. The molecule has 0 N–H and O–H groups in total. The van der Waals surface area contributed by atoms with Crippen LogP contribution in [0.2, 0.25) is 5.02 Å². The van der Waals surface area contributed by atoms with Gasteiger partial charge in [-0.3, -0.25) is 14.4 Å². The van der Waals surface area contributed by atoms with Crippen molar-refractivity contribution in [3.63, 3.8) is 0 Å². The lowest BCUT2D eigenvalue weighted by molar-refractivity contribution is -0.141. The largest absolute Gasteiger partial charge is 0.325 e. The molecule has 2 aliphatic rings. The van der Waals surface area contributed by atoms with E-state index in [2.05, 4.69) is 50.3 Å². The predicted octanol–water partition coefficient (Wildman–Crippen LogP) is 5.29. The topological polar surface area (TPSA) is 57.7 Å². The van der Waals surface area contributed by atoms with Gasteiger partial charge >= 0.3 is 0 Å². The van der Waals surface area contributed by atoms with Crippen molar-refractivity contribution in [1.82, 2.24) is 4.90 Å². The Balaban J connectivity index is 1.69. The highest BCUT2D eigenvalue weighted by Gasteiger charge is 2.69. The maximum atomic E-state index is 13.8. The molecule has 2 aromatic rings. The molecule has 1 unspecified atom stereocenters. The summed E-state index contributed by atoms with van der Waals surface area (Å²) in [6, 6.07) is 13.7. The summed E-state index contributed by atoms with van der Waals surface area (Å²) in [6.07, 6.45) is -0.0331. The Morgan fingerprint density at radius 2 is 1.66 bits per heavy atom. The summed E-state index contributed by atoms with van der Waals surface area (Å²) in [5, 5.41) is 0.533. The van der Waals surface area contributed by atoms with Crippen molar-refractivity contribution in [2.45, 2.75) is 46.7 Å². The van der Waals surface area contributed by atoms with Crippen LogP contribution < -0.4 is 4.90 Å². The summed E-state index contributed by atoms with van der Waals surface area (Å²) in [7, 11) is 0. The highest BCUT2D eigenvalue weighted by atomic mass is 127. The molecule has 168 valence electrons. The van der Waals surface area contributed by atoms with Gasteiger partial charge in [0, 0.05) is 21.1 Å². The van der Waals surface area contributed by atoms with Gasteiger partial charge in [-0.15, -0.1) is 0 Å². The minimum atomic E-state index is -0.849. The van der Waals surface area contributed by atoms with Crippen molar-refractivity contribution in [2.75, 3.05) is 4.90 Å². The average Bonchev–Trinajstić information content (AvgIpc) is 2.96. The third-order valence-electron chi connectivity index (χ3n) is 7.43. The van der Waals surface area contributed by atoms with Gasteiger partial charge in [0.05, 0.1) is 12.1 Å². The van der Waals surface area contributed by atoms with E-state index >= 15 is 0 Å². The summed E-state index contributed by atoms with van der Waals surface area (Å²) in [6.45, 7) is 8.47. The van der Waals surface area contributed by atoms with Crippen LogP contribution in [0, 0.1) is 20.3 Å². The van der Waals surface area contributed by atoms with E-state index in [0.717, 1.165) is 9.13 Å². The van der Waals surface area contributed by atoms with Gasteiger partial charge in [-0.05, 0) is 69.3 Å². The number of hydrogen-bond donors (Lipinski definition) is 0. The number of carbonyl (C=O) groups excluding carboxylic acids is 3. The van der Waals surface area contributed by atoms with Crippen LogP contribution in [0.4, 0.5) is 5.69 Å². The molecule has 1 atom stereocenters. The van der Waals surface area contributed by atoms with E-state index in [-0.39, 0.29) is 47.4 Å². The van der Waals surface area contributed by atoms with Crippen molar-refractivity contribution >= 4 is 57.6 Å². The van der Waals surface area contributed by atoms with E-state index in [1.54, 1.807) is 23.1 Å². The zero-order valence-electron chi connectivity index (χ0n) is 18.6. The van der Waals surface area contributed by atoms with Crippen LogP contribution in [-0.2, 0) is 20.9 Å². The van der Waals surface area contributed by atoms with Crippen molar-refractivity contribution in [3.8, 4) is 0 Å². The van der Waals surface area contributed by atoms with Crippen LogP contribution >= 0.6 is 34.2 Å². The van der Waals surface area contributed by atoms with Gasteiger partial charge in [0.25, 0.3) is 5.91 Å². The standard InChI is InChI=1S/C25H26ClIN2O3/c1-24(2)21(25(24,3)4)23(32)28(14-15-7-5-6-8-18(15)26)19-13-20(30)29(22(19)31)17-11-9-16(27)10-12-17/h5-12,19,21H,13-14H2,1-4H3. The van der Waals surface area contributed by atoms with E-state index in [1.807, 2.05) is 30.3 Å². The number of rotatable bonds is 5. The van der Waals surface area contributed by atoms with Crippen LogP contribution in [0.25, 0.3) is 0 Å². The van der Waals surface area contributed by atoms with Crippen molar-refractivity contribution < 1.29 is 14.4 Å². The molecule has 0 aromatic heterocycles. The minimum absolute atomic E-state index is 0.0331. The smallest absolute Gasteiger partial charge is 0.257 e. The first-order valence-electron chi connectivity index (χ1n) is 10.6. The maximum absolute atomic E-state index is 13.8. The molecule has 5 nitrogen and oxygen atoms in total. The second-order valence-corrected chi connectivity index (χ2v) is 11.4. The summed E-state index contributed by atoms with van der Waals surface area (Å²) >= 11 is 8.57. The van der Waals surface area contributed by atoms with Gasteiger partial charge < -0.3 is 4.90 Å². The van der Waals surface area contributed by atoms with E-state index in [1.165, 1.54) is 4.90 Å². The zero-order chi connectivity index (χ0) is 23.4. The fourth-order valence-corrected chi connectivity index (χ4v) is 5.41. The number of anilines is 1. The molecule has 4 rings (SSSR count). The minimum Gasteiger partial charge on any atom is -0.325 e. The normalized spacial score (nSPS) is 21.7. The summed E-state index contributed by atoms with van der Waals surface area (Å²) in [5.41, 5.74) is 0.904. The summed E-state index contributed by atoms with van der Waals surface area (Å²) in [4.78, 5) is 42.9. The highest BCUT2D eigenvalue weighted by Crippen LogP contribution is 2.69. The number of nitrogens with zero attached hydrogens (tertiary/aromatic N) is 2. The van der Waals surface area contributed by atoms with E-state index < -0.39 is 6.04 Å². The number of carbonyl (C=O) groups is 3. The molecular weight excluding hydrogens is 539 g/mol. The molecule has 1 aliphatic heterocycles. The predicted molar refractivity (Wildman–Crippen MR) is 133 cm³/mol. The van der Waals surface area contributed by atoms with E-state index in [4.69, 9.17) is 11.6 Å². The molecular formula is C25H26ClIN2O3. The van der Waals surface area contributed by atoms with Gasteiger partial charge in [-0.2, -0.15) is 0 Å². The van der Waals surface area contributed by atoms with Crippen LogP contribution in [0.5, 0.6) is 0 Å². The molecule has 32 heavy (non-hydrogen) atoms. The number of halogens is 2. The number of hydrogen-bond acceptors (Lipinski definition) is 3. The summed E-state index contributed by atoms with van der Waals surface area (Å²) < 4.78 is 1.01. The van der Waals surface area contributed by atoms with Crippen LogP contribution in [0.3, 0.4) is 0 Å². The lowest BCUT2D eigenvalue weighted by atomic mass is 10.0. The molecule has 3 amide bonds. The number of amides is 3. The average molecular weight is 565 g/mol. The molecule has 7 heteroatoms. The molecule has 2 fully saturated rings. The Labute approximate surface area is 207 Å². The third kappa shape index (κ3) is 3.75. The first-order chi connectivity index (χ1) is 15.0. The van der Waals surface area contributed by atoms with Gasteiger partial charge in [0.15, 0.2) is 0 Å². The molecule has 1 aliphatic carbocycles. The second-order valence-electron chi connectivity index (χ2n) is 9.70. The lowest BCUT2D eigenvalue weighted by Crippen LogP contribution is -2.46. The third-order valence-corrected chi connectivity index (χ3v) is 8.52. The molecule has 1 heterocycles. The first-order valence-corrected chi connectivity index (χ1v) is 12.1. The zero-order valence-corrected chi connectivity index (χ0v) is 21.5. The lowest BCUT2D eigenvalue weighted by Gasteiger charge is -2.29. The first kappa shape index (κ1) is 23.2. The number of imide groups is 1. The Morgan fingerprint density at radius 1 is 1.06 bits per heavy atom. The van der Waals surface area contributed by atoms with Gasteiger partial charge in [0.2, 0.25) is 11.8 Å². The monoisotopic (exact) mass is 564 g/mol.